The SMILES string of the molecule is CC1CC1C(=O)Nc1ccc2[nH]c(=O)[nH]c2c1. The van der Waals surface area contributed by atoms with Crippen LogP contribution in [0.4, 0.5) is 5.69 Å². The lowest BCUT2D eigenvalue weighted by molar-refractivity contribution is -0.117. The van der Waals surface area contributed by atoms with Crippen LogP contribution in [0.3, 0.4) is 0 Å². The maximum atomic E-state index is 11.7. The smallest absolute Gasteiger partial charge is 0.323 e. The topological polar surface area (TPSA) is 77.8 Å². The summed E-state index contributed by atoms with van der Waals surface area (Å²) >= 11 is 0. The Bertz CT molecular complexity index is 640. The second-order valence-electron chi connectivity index (χ2n) is 4.65. The summed E-state index contributed by atoms with van der Waals surface area (Å²) in [5.41, 5.74) is 1.93. The summed E-state index contributed by atoms with van der Waals surface area (Å²) in [7, 11) is 0. The molecule has 3 N–H and O–H groups in total. The van der Waals surface area contributed by atoms with E-state index in [0.29, 0.717) is 11.4 Å². The van der Waals surface area contributed by atoms with Crippen LogP contribution in [0.15, 0.2) is 23.0 Å². The fourth-order valence-corrected chi connectivity index (χ4v) is 2.03. The number of H-pyrrole nitrogens is 2. The van der Waals surface area contributed by atoms with Crippen molar-refractivity contribution >= 4 is 22.6 Å². The van der Waals surface area contributed by atoms with Gasteiger partial charge in [-0.3, -0.25) is 4.79 Å². The highest BCUT2D eigenvalue weighted by Gasteiger charge is 2.39. The van der Waals surface area contributed by atoms with Crippen LogP contribution in [0.5, 0.6) is 0 Å². The van der Waals surface area contributed by atoms with Gasteiger partial charge in [-0.05, 0) is 30.5 Å². The zero-order valence-electron chi connectivity index (χ0n) is 9.41. The molecule has 5 heteroatoms. The Balaban J connectivity index is 1.85. The molecule has 1 fully saturated rings. The number of fused-ring (bicyclic) bond motifs is 1. The van der Waals surface area contributed by atoms with Crippen molar-refractivity contribution in [3.05, 3.63) is 28.7 Å². The molecule has 1 aliphatic carbocycles. The molecule has 2 atom stereocenters. The van der Waals surface area contributed by atoms with E-state index in [9.17, 15) is 9.59 Å². The van der Waals surface area contributed by atoms with Gasteiger partial charge in [0.2, 0.25) is 5.91 Å². The van der Waals surface area contributed by atoms with Crippen LogP contribution in [0, 0.1) is 11.8 Å². The monoisotopic (exact) mass is 231 g/mol. The number of aromatic amines is 2. The van der Waals surface area contributed by atoms with E-state index in [-0.39, 0.29) is 17.5 Å². The number of amides is 1. The minimum absolute atomic E-state index is 0.0646. The van der Waals surface area contributed by atoms with Gasteiger partial charge in [0.1, 0.15) is 0 Å². The van der Waals surface area contributed by atoms with Crippen LogP contribution < -0.4 is 11.0 Å². The van der Waals surface area contributed by atoms with Crippen molar-refractivity contribution in [2.24, 2.45) is 11.8 Å². The first-order chi connectivity index (χ1) is 8.13. The summed E-state index contributed by atoms with van der Waals surface area (Å²) in [6.45, 7) is 2.07. The molecule has 2 unspecified atom stereocenters. The highest BCUT2D eigenvalue weighted by atomic mass is 16.2. The van der Waals surface area contributed by atoms with Crippen molar-refractivity contribution in [1.82, 2.24) is 9.97 Å². The first-order valence-corrected chi connectivity index (χ1v) is 5.66. The van der Waals surface area contributed by atoms with Crippen molar-refractivity contribution < 1.29 is 4.79 Å². The molecule has 17 heavy (non-hydrogen) atoms. The van der Waals surface area contributed by atoms with Gasteiger partial charge in [-0.2, -0.15) is 0 Å². The molecule has 1 saturated carbocycles. The Morgan fingerprint density at radius 2 is 2.06 bits per heavy atom. The predicted octanol–water partition coefficient (Wildman–Crippen LogP) is 1.45. The zero-order chi connectivity index (χ0) is 12.0. The van der Waals surface area contributed by atoms with Gasteiger partial charge in [0.05, 0.1) is 11.0 Å². The van der Waals surface area contributed by atoms with Gasteiger partial charge in [-0.1, -0.05) is 6.92 Å². The first-order valence-electron chi connectivity index (χ1n) is 5.66. The number of anilines is 1. The van der Waals surface area contributed by atoms with E-state index in [0.717, 1.165) is 17.6 Å². The molecule has 1 aromatic heterocycles. The van der Waals surface area contributed by atoms with E-state index in [1.165, 1.54) is 0 Å². The molecule has 1 heterocycles. The van der Waals surface area contributed by atoms with Crippen LogP contribution >= 0.6 is 0 Å². The van der Waals surface area contributed by atoms with Crippen molar-refractivity contribution in [2.75, 3.05) is 5.32 Å². The number of carbonyl (C=O) groups excluding carboxylic acids is 1. The molecule has 1 amide bonds. The summed E-state index contributed by atoms with van der Waals surface area (Å²) in [5, 5.41) is 2.86. The number of carbonyl (C=O) groups is 1. The number of aromatic nitrogens is 2. The lowest BCUT2D eigenvalue weighted by Gasteiger charge is -2.03. The lowest BCUT2D eigenvalue weighted by Crippen LogP contribution is -2.14. The summed E-state index contributed by atoms with van der Waals surface area (Å²) in [6, 6.07) is 5.33. The van der Waals surface area contributed by atoms with Crippen molar-refractivity contribution in [3.63, 3.8) is 0 Å². The van der Waals surface area contributed by atoms with Gasteiger partial charge in [0.15, 0.2) is 0 Å². The maximum absolute atomic E-state index is 11.7. The standard InChI is InChI=1S/C12H13N3O2/c1-6-4-8(6)11(16)13-7-2-3-9-10(5-7)15-12(17)14-9/h2-3,5-6,8H,4H2,1H3,(H,13,16)(H2,14,15,17). The Morgan fingerprint density at radius 3 is 2.76 bits per heavy atom. The molecule has 1 aromatic carbocycles. The van der Waals surface area contributed by atoms with Gasteiger partial charge in [-0.15, -0.1) is 0 Å². The average molecular weight is 231 g/mol. The fourth-order valence-electron chi connectivity index (χ4n) is 2.03. The largest absolute Gasteiger partial charge is 0.326 e. The Morgan fingerprint density at radius 1 is 1.35 bits per heavy atom. The van der Waals surface area contributed by atoms with Gasteiger partial charge >= 0.3 is 5.69 Å². The summed E-state index contributed by atoms with van der Waals surface area (Å²) < 4.78 is 0. The van der Waals surface area contributed by atoms with Crippen LogP contribution in [0.25, 0.3) is 11.0 Å². The number of rotatable bonds is 2. The normalized spacial score (nSPS) is 22.6. The third kappa shape index (κ3) is 1.84. The predicted molar refractivity (Wildman–Crippen MR) is 64.8 cm³/mol. The molecule has 2 aromatic rings. The molecule has 5 nitrogen and oxygen atoms in total. The summed E-state index contributed by atoms with van der Waals surface area (Å²) in [5.74, 6) is 0.705. The van der Waals surface area contributed by atoms with Crippen LogP contribution in [0.2, 0.25) is 0 Å². The first kappa shape index (κ1) is 10.1. The Labute approximate surface area is 97.2 Å². The molecule has 1 aliphatic rings. The van der Waals surface area contributed by atoms with Gasteiger partial charge in [-0.25, -0.2) is 4.79 Å². The maximum Gasteiger partial charge on any atom is 0.323 e. The minimum Gasteiger partial charge on any atom is -0.326 e. The molecule has 0 radical (unpaired) electrons. The number of imidazole rings is 1. The molecular formula is C12H13N3O2. The molecule has 0 spiro atoms. The Hall–Kier alpha value is -2.04. The fraction of sp³-hybridized carbons (Fsp3) is 0.333. The average Bonchev–Trinajstić information content (AvgIpc) is 2.87. The van der Waals surface area contributed by atoms with Crippen LogP contribution in [-0.4, -0.2) is 15.9 Å². The van der Waals surface area contributed by atoms with Gasteiger partial charge in [0.25, 0.3) is 0 Å². The highest BCUT2D eigenvalue weighted by molar-refractivity contribution is 5.95. The number of nitrogens with one attached hydrogen (secondary N) is 3. The number of benzene rings is 1. The third-order valence-electron chi connectivity index (χ3n) is 3.23. The van der Waals surface area contributed by atoms with E-state index in [4.69, 9.17) is 0 Å². The molecule has 88 valence electrons. The van der Waals surface area contributed by atoms with Crippen molar-refractivity contribution in [1.29, 1.82) is 0 Å². The molecule has 0 saturated heterocycles. The lowest BCUT2D eigenvalue weighted by atomic mass is 10.2. The van der Waals surface area contributed by atoms with E-state index < -0.39 is 0 Å². The van der Waals surface area contributed by atoms with E-state index in [1.807, 2.05) is 0 Å². The zero-order valence-corrected chi connectivity index (χ0v) is 9.41. The molecular weight excluding hydrogens is 218 g/mol. The third-order valence-corrected chi connectivity index (χ3v) is 3.23. The summed E-state index contributed by atoms with van der Waals surface area (Å²) in [4.78, 5) is 28.1. The van der Waals surface area contributed by atoms with Gasteiger partial charge < -0.3 is 15.3 Å². The van der Waals surface area contributed by atoms with Crippen LogP contribution in [-0.2, 0) is 4.79 Å². The molecule has 3 rings (SSSR count). The van der Waals surface area contributed by atoms with E-state index in [2.05, 4.69) is 22.2 Å². The number of hydrogen-bond donors (Lipinski definition) is 3. The van der Waals surface area contributed by atoms with E-state index in [1.54, 1.807) is 18.2 Å². The van der Waals surface area contributed by atoms with Gasteiger partial charge in [0, 0.05) is 11.6 Å². The molecule has 0 aliphatic heterocycles. The highest BCUT2D eigenvalue weighted by Crippen LogP contribution is 2.38. The molecule has 0 bridgehead atoms. The van der Waals surface area contributed by atoms with Crippen LogP contribution in [0.1, 0.15) is 13.3 Å². The second kappa shape index (κ2) is 3.48. The minimum atomic E-state index is -0.237. The van der Waals surface area contributed by atoms with Crippen molar-refractivity contribution in [3.8, 4) is 0 Å². The number of hydrogen-bond acceptors (Lipinski definition) is 2. The summed E-state index contributed by atoms with van der Waals surface area (Å²) in [6.07, 6.45) is 0.967. The van der Waals surface area contributed by atoms with E-state index >= 15 is 0 Å². The quantitative estimate of drug-likeness (QED) is 0.731. The Kier molecular flexibility index (Phi) is 2.07. The van der Waals surface area contributed by atoms with Crippen molar-refractivity contribution in [2.45, 2.75) is 13.3 Å². The second-order valence-corrected chi connectivity index (χ2v) is 4.65.